The highest BCUT2D eigenvalue weighted by Crippen LogP contribution is 2.25. The second-order valence-electron chi connectivity index (χ2n) is 5.33. The van der Waals surface area contributed by atoms with Crippen molar-refractivity contribution in [3.05, 3.63) is 24.3 Å². The van der Waals surface area contributed by atoms with Crippen LogP contribution in [0.4, 0.5) is 11.8 Å². The molecule has 1 aliphatic heterocycles. The van der Waals surface area contributed by atoms with Crippen molar-refractivity contribution in [1.29, 1.82) is 0 Å². The van der Waals surface area contributed by atoms with E-state index in [4.69, 9.17) is 10.5 Å². The molecule has 3 rings (SSSR count). The van der Waals surface area contributed by atoms with Crippen LogP contribution < -0.4 is 11.1 Å². The summed E-state index contributed by atoms with van der Waals surface area (Å²) in [7, 11) is 0. The predicted octanol–water partition coefficient (Wildman–Crippen LogP) is 2.44. The minimum absolute atomic E-state index is 0.311. The normalized spacial score (nSPS) is 18.1. The van der Waals surface area contributed by atoms with Gasteiger partial charge in [-0.3, -0.25) is 0 Å². The van der Waals surface area contributed by atoms with Gasteiger partial charge in [0.15, 0.2) is 0 Å². The number of benzene rings is 1. The van der Waals surface area contributed by atoms with Gasteiger partial charge in [0.25, 0.3) is 0 Å². The van der Waals surface area contributed by atoms with Crippen molar-refractivity contribution in [1.82, 2.24) is 9.97 Å². The smallest absolute Gasteiger partial charge is 0.222 e. The van der Waals surface area contributed by atoms with E-state index in [2.05, 4.69) is 22.2 Å². The zero-order valence-electron chi connectivity index (χ0n) is 11.7. The number of hydrogen-bond donors (Lipinski definition) is 2. The molecule has 0 radical (unpaired) electrons. The molecule has 0 amide bonds. The van der Waals surface area contributed by atoms with Crippen LogP contribution in [-0.2, 0) is 4.74 Å². The number of nitrogen functional groups attached to an aromatic ring is 1. The fourth-order valence-corrected chi connectivity index (χ4v) is 2.75. The Morgan fingerprint density at radius 3 is 2.80 bits per heavy atom. The Morgan fingerprint density at radius 2 is 2.00 bits per heavy atom. The third kappa shape index (κ3) is 2.67. The number of para-hydroxylation sites is 1. The lowest BCUT2D eigenvalue weighted by Crippen LogP contribution is -2.31. The molecule has 20 heavy (non-hydrogen) atoms. The number of nitrogens with two attached hydrogens (primary N) is 1. The van der Waals surface area contributed by atoms with Crippen LogP contribution in [0.5, 0.6) is 0 Å². The summed E-state index contributed by atoms with van der Waals surface area (Å²) < 4.78 is 5.42. The second kappa shape index (κ2) is 5.63. The summed E-state index contributed by atoms with van der Waals surface area (Å²) >= 11 is 0. The van der Waals surface area contributed by atoms with Crippen LogP contribution in [0.1, 0.15) is 19.8 Å². The molecule has 0 spiro atoms. The highest BCUT2D eigenvalue weighted by atomic mass is 16.5. The maximum Gasteiger partial charge on any atom is 0.222 e. The van der Waals surface area contributed by atoms with E-state index in [9.17, 15) is 0 Å². The Kier molecular flexibility index (Phi) is 3.69. The van der Waals surface area contributed by atoms with E-state index in [1.807, 2.05) is 24.3 Å². The van der Waals surface area contributed by atoms with Crippen LogP contribution in [0.3, 0.4) is 0 Å². The molecule has 1 atom stereocenters. The molecule has 1 saturated heterocycles. The lowest BCUT2D eigenvalue weighted by molar-refractivity contribution is 0.0622. The summed E-state index contributed by atoms with van der Waals surface area (Å²) in [5, 5.41) is 4.52. The van der Waals surface area contributed by atoms with Crippen molar-refractivity contribution < 1.29 is 4.74 Å². The number of fused-ring (bicyclic) bond motifs is 1. The van der Waals surface area contributed by atoms with Crippen molar-refractivity contribution in [2.24, 2.45) is 5.92 Å². The van der Waals surface area contributed by atoms with Gasteiger partial charge >= 0.3 is 0 Å². The van der Waals surface area contributed by atoms with Gasteiger partial charge in [-0.15, -0.1) is 0 Å². The number of rotatable bonds is 3. The summed E-state index contributed by atoms with van der Waals surface area (Å²) in [6.07, 6.45) is 2.18. The van der Waals surface area contributed by atoms with Crippen LogP contribution in [0.25, 0.3) is 10.9 Å². The third-order valence-corrected chi connectivity index (χ3v) is 3.96. The molecule has 1 unspecified atom stereocenters. The Hall–Kier alpha value is -1.88. The molecule has 2 heterocycles. The molecule has 0 saturated carbocycles. The molecule has 3 N–H and O–H groups in total. The molecule has 1 aromatic carbocycles. The van der Waals surface area contributed by atoms with E-state index in [1.165, 1.54) is 0 Å². The summed E-state index contributed by atoms with van der Waals surface area (Å²) in [6, 6.07) is 8.27. The SMILES string of the molecule is CC(Nc1nc(N)nc2ccccc12)C1CCOCC1. The Bertz CT molecular complexity index is 595. The fraction of sp³-hybridized carbons (Fsp3) is 0.467. The average molecular weight is 272 g/mol. The number of ether oxygens (including phenoxy) is 1. The van der Waals surface area contributed by atoms with Crippen LogP contribution >= 0.6 is 0 Å². The largest absolute Gasteiger partial charge is 0.381 e. The first kappa shape index (κ1) is 13.1. The highest BCUT2D eigenvalue weighted by molar-refractivity contribution is 5.89. The fourth-order valence-electron chi connectivity index (χ4n) is 2.75. The number of aromatic nitrogens is 2. The van der Waals surface area contributed by atoms with Gasteiger partial charge in [0, 0.05) is 24.6 Å². The van der Waals surface area contributed by atoms with Gasteiger partial charge in [-0.2, -0.15) is 4.98 Å². The minimum atomic E-state index is 0.311. The van der Waals surface area contributed by atoms with Gasteiger partial charge in [-0.1, -0.05) is 12.1 Å². The van der Waals surface area contributed by atoms with Gasteiger partial charge in [-0.25, -0.2) is 4.98 Å². The second-order valence-corrected chi connectivity index (χ2v) is 5.33. The summed E-state index contributed by atoms with van der Waals surface area (Å²) in [6.45, 7) is 3.90. The van der Waals surface area contributed by atoms with Gasteiger partial charge in [-0.05, 0) is 37.8 Å². The average Bonchev–Trinajstić information content (AvgIpc) is 2.48. The predicted molar refractivity (Wildman–Crippen MR) is 80.6 cm³/mol. The Balaban J connectivity index is 1.86. The molecule has 0 aliphatic carbocycles. The van der Waals surface area contributed by atoms with Crippen molar-refractivity contribution >= 4 is 22.7 Å². The Morgan fingerprint density at radius 1 is 1.25 bits per heavy atom. The monoisotopic (exact) mass is 272 g/mol. The van der Waals surface area contributed by atoms with E-state index in [1.54, 1.807) is 0 Å². The van der Waals surface area contributed by atoms with Crippen LogP contribution in [-0.4, -0.2) is 29.2 Å². The van der Waals surface area contributed by atoms with E-state index in [0.29, 0.717) is 17.9 Å². The van der Waals surface area contributed by atoms with Gasteiger partial charge < -0.3 is 15.8 Å². The molecule has 1 fully saturated rings. The van der Waals surface area contributed by atoms with Gasteiger partial charge in [0.2, 0.25) is 5.95 Å². The van der Waals surface area contributed by atoms with E-state index in [-0.39, 0.29) is 0 Å². The maximum atomic E-state index is 5.80. The van der Waals surface area contributed by atoms with E-state index in [0.717, 1.165) is 42.8 Å². The van der Waals surface area contributed by atoms with Gasteiger partial charge in [0.05, 0.1) is 5.52 Å². The van der Waals surface area contributed by atoms with E-state index >= 15 is 0 Å². The van der Waals surface area contributed by atoms with Gasteiger partial charge in [0.1, 0.15) is 5.82 Å². The van der Waals surface area contributed by atoms with Crippen LogP contribution in [0.2, 0.25) is 0 Å². The molecule has 1 aromatic heterocycles. The number of hydrogen-bond acceptors (Lipinski definition) is 5. The quantitative estimate of drug-likeness (QED) is 0.897. The lowest BCUT2D eigenvalue weighted by Gasteiger charge is -2.29. The number of nitrogens with zero attached hydrogens (tertiary/aromatic N) is 2. The topological polar surface area (TPSA) is 73.1 Å². The standard InChI is InChI=1S/C15H20N4O/c1-10(11-6-8-20-9-7-11)17-14-12-4-2-3-5-13(12)18-15(16)19-14/h2-5,10-11H,6-9H2,1H3,(H3,16,17,18,19). The van der Waals surface area contributed by atoms with Crippen molar-refractivity contribution in [2.75, 3.05) is 24.3 Å². The van der Waals surface area contributed by atoms with Crippen molar-refractivity contribution in [3.63, 3.8) is 0 Å². The molecule has 5 nitrogen and oxygen atoms in total. The molecule has 2 aromatic rings. The third-order valence-electron chi connectivity index (χ3n) is 3.96. The van der Waals surface area contributed by atoms with Crippen molar-refractivity contribution in [3.8, 4) is 0 Å². The summed E-state index contributed by atoms with van der Waals surface area (Å²) in [5.41, 5.74) is 6.67. The minimum Gasteiger partial charge on any atom is -0.381 e. The van der Waals surface area contributed by atoms with Crippen LogP contribution in [0, 0.1) is 5.92 Å². The molecule has 1 aliphatic rings. The zero-order valence-corrected chi connectivity index (χ0v) is 11.7. The first-order valence-corrected chi connectivity index (χ1v) is 7.10. The highest BCUT2D eigenvalue weighted by Gasteiger charge is 2.21. The van der Waals surface area contributed by atoms with Crippen molar-refractivity contribution in [2.45, 2.75) is 25.8 Å². The zero-order chi connectivity index (χ0) is 13.9. The molecule has 5 heteroatoms. The van der Waals surface area contributed by atoms with Crippen LogP contribution in [0.15, 0.2) is 24.3 Å². The molecular weight excluding hydrogens is 252 g/mol. The maximum absolute atomic E-state index is 5.80. The molecule has 106 valence electrons. The molecular formula is C15H20N4O. The number of anilines is 2. The summed E-state index contributed by atoms with van der Waals surface area (Å²) in [4.78, 5) is 8.62. The number of nitrogens with one attached hydrogen (secondary N) is 1. The molecule has 0 bridgehead atoms. The lowest BCUT2D eigenvalue weighted by atomic mass is 9.93. The summed E-state index contributed by atoms with van der Waals surface area (Å²) in [5.74, 6) is 1.75. The Labute approximate surface area is 118 Å². The first-order valence-electron chi connectivity index (χ1n) is 7.10. The first-order chi connectivity index (χ1) is 9.74. The van der Waals surface area contributed by atoms with E-state index < -0.39 is 0 Å².